The van der Waals surface area contributed by atoms with E-state index in [4.69, 9.17) is 16.3 Å². The van der Waals surface area contributed by atoms with Crippen LogP contribution in [0.25, 0.3) is 22.2 Å². The van der Waals surface area contributed by atoms with E-state index in [2.05, 4.69) is 15.0 Å². The molecule has 2 amide bonds. The highest BCUT2D eigenvalue weighted by molar-refractivity contribution is 6.38. The highest BCUT2D eigenvalue weighted by Crippen LogP contribution is 2.46. The number of ether oxygens (including phenoxy) is 1. The van der Waals surface area contributed by atoms with Crippen LogP contribution in [-0.4, -0.2) is 57.1 Å². The molecule has 0 bridgehead atoms. The number of amides is 2. The summed E-state index contributed by atoms with van der Waals surface area (Å²) in [7, 11) is 0. The highest BCUT2D eigenvalue weighted by Gasteiger charge is 2.32. The Hall–Kier alpha value is -3.13. The Kier molecular flexibility index (Phi) is 5.28. The number of rotatable bonds is 3. The summed E-state index contributed by atoms with van der Waals surface area (Å²) >= 11 is 6.84. The molecule has 1 saturated carbocycles. The van der Waals surface area contributed by atoms with E-state index in [1.54, 1.807) is 44.3 Å². The zero-order chi connectivity index (χ0) is 23.3. The molecule has 9 heteroatoms. The molecule has 4 heterocycles. The van der Waals surface area contributed by atoms with Crippen molar-refractivity contribution in [3.63, 3.8) is 0 Å². The Labute approximate surface area is 196 Å². The van der Waals surface area contributed by atoms with Crippen LogP contribution in [0.2, 0.25) is 5.02 Å². The molecule has 2 aliphatic rings. The van der Waals surface area contributed by atoms with Crippen LogP contribution in [0.3, 0.4) is 0 Å². The fourth-order valence-corrected chi connectivity index (χ4v) is 4.51. The van der Waals surface area contributed by atoms with Gasteiger partial charge in [0, 0.05) is 48.2 Å². The first-order chi connectivity index (χ1) is 15.7. The number of carbonyl (C=O) groups excluding carboxylic acids is 2. The lowest BCUT2D eigenvalue weighted by molar-refractivity contribution is -0.121. The number of halogens is 1. The van der Waals surface area contributed by atoms with E-state index < -0.39 is 11.7 Å². The first-order valence-corrected chi connectivity index (χ1v) is 11.5. The molecule has 1 N–H and O–H groups in total. The predicted octanol–water partition coefficient (Wildman–Crippen LogP) is 4.74. The maximum atomic E-state index is 12.9. The summed E-state index contributed by atoms with van der Waals surface area (Å²) in [6, 6.07) is 1.90. The van der Waals surface area contributed by atoms with Gasteiger partial charge >= 0.3 is 6.09 Å². The molecule has 3 aromatic heterocycles. The van der Waals surface area contributed by atoms with Gasteiger partial charge in [0.05, 0.1) is 16.9 Å². The lowest BCUT2D eigenvalue weighted by atomic mass is 10.0. The maximum Gasteiger partial charge on any atom is 0.410 e. The normalized spacial score (nSPS) is 17.0. The van der Waals surface area contributed by atoms with Crippen molar-refractivity contribution in [2.45, 2.75) is 45.1 Å². The number of carbonyl (C=O) groups is 2. The highest BCUT2D eigenvalue weighted by atomic mass is 35.5. The third-order valence-electron chi connectivity index (χ3n) is 5.90. The van der Waals surface area contributed by atoms with E-state index in [1.165, 1.54) is 23.3 Å². The average Bonchev–Trinajstić information content (AvgIpc) is 3.51. The van der Waals surface area contributed by atoms with E-state index in [0.29, 0.717) is 29.7 Å². The van der Waals surface area contributed by atoms with Gasteiger partial charge in [0.1, 0.15) is 17.8 Å². The minimum Gasteiger partial charge on any atom is -0.444 e. The number of hydrogen-bond acceptors (Lipinski definition) is 5. The molecule has 172 valence electrons. The van der Waals surface area contributed by atoms with Gasteiger partial charge in [-0.2, -0.15) is 0 Å². The van der Waals surface area contributed by atoms with E-state index in [-0.39, 0.29) is 12.5 Å². The molecule has 8 nitrogen and oxygen atoms in total. The van der Waals surface area contributed by atoms with Gasteiger partial charge in [-0.3, -0.25) is 14.7 Å². The van der Waals surface area contributed by atoms with Crippen LogP contribution in [0.4, 0.5) is 10.5 Å². The number of fused-ring (bicyclic) bond motifs is 1. The van der Waals surface area contributed by atoms with Gasteiger partial charge in [-0.25, -0.2) is 9.78 Å². The molecule has 0 spiro atoms. The summed E-state index contributed by atoms with van der Waals surface area (Å²) in [5.74, 6) is 0.351. The molecular weight excluding hydrogens is 442 g/mol. The van der Waals surface area contributed by atoms with Crippen molar-refractivity contribution in [3.8, 4) is 11.1 Å². The Morgan fingerprint density at radius 3 is 2.70 bits per heavy atom. The topological polar surface area (TPSA) is 91.4 Å². The van der Waals surface area contributed by atoms with Crippen molar-refractivity contribution in [3.05, 3.63) is 41.4 Å². The Morgan fingerprint density at radius 2 is 2.00 bits per heavy atom. The summed E-state index contributed by atoms with van der Waals surface area (Å²) in [6.07, 6.45) is 8.97. The lowest BCUT2D eigenvalue weighted by Gasteiger charge is -2.35. The van der Waals surface area contributed by atoms with Gasteiger partial charge in [-0.15, -0.1) is 0 Å². The van der Waals surface area contributed by atoms with Crippen molar-refractivity contribution in [2.75, 3.05) is 24.5 Å². The molecule has 0 unspecified atom stereocenters. The molecule has 3 aromatic rings. The zero-order valence-electron chi connectivity index (χ0n) is 18.9. The van der Waals surface area contributed by atoms with Gasteiger partial charge in [0.15, 0.2) is 0 Å². The number of pyridine rings is 2. The fourth-order valence-electron chi connectivity index (χ4n) is 4.15. The second kappa shape index (κ2) is 8.02. The number of hydrogen-bond donors (Lipinski definition) is 1. The van der Waals surface area contributed by atoms with E-state index >= 15 is 0 Å². The summed E-state index contributed by atoms with van der Waals surface area (Å²) in [5, 5.41) is 1.60. The van der Waals surface area contributed by atoms with Gasteiger partial charge in [0.2, 0.25) is 5.91 Å². The molecule has 1 aliphatic carbocycles. The predicted molar refractivity (Wildman–Crippen MR) is 126 cm³/mol. The molecule has 0 aromatic carbocycles. The van der Waals surface area contributed by atoms with Crippen molar-refractivity contribution in [1.82, 2.24) is 19.9 Å². The number of H-pyrrole nitrogens is 1. The average molecular weight is 468 g/mol. The van der Waals surface area contributed by atoms with Crippen LogP contribution in [0.1, 0.15) is 45.1 Å². The molecular formula is C24H26ClN5O3. The third-order valence-corrected chi connectivity index (χ3v) is 6.30. The van der Waals surface area contributed by atoms with Crippen LogP contribution in [-0.2, 0) is 9.53 Å². The van der Waals surface area contributed by atoms with E-state index in [9.17, 15) is 9.59 Å². The second-order valence-electron chi connectivity index (χ2n) is 9.61. The molecule has 0 atom stereocenters. The second-order valence-corrected chi connectivity index (χ2v) is 9.98. The minimum absolute atomic E-state index is 0.0402. The van der Waals surface area contributed by atoms with Crippen LogP contribution < -0.4 is 4.90 Å². The van der Waals surface area contributed by atoms with Crippen LogP contribution in [0.5, 0.6) is 0 Å². The van der Waals surface area contributed by atoms with Crippen LogP contribution in [0, 0.1) is 0 Å². The number of nitrogens with one attached hydrogen (secondary N) is 1. The third kappa shape index (κ3) is 4.27. The molecule has 33 heavy (non-hydrogen) atoms. The Bertz CT molecular complexity index is 1240. The molecule has 1 aliphatic heterocycles. The fraction of sp³-hybridized carbons (Fsp3) is 0.417. The first-order valence-electron chi connectivity index (χ1n) is 11.1. The van der Waals surface area contributed by atoms with Gasteiger partial charge in [-0.1, -0.05) is 11.6 Å². The SMILES string of the molecule is CC(C)(C)OC(=O)N1CCN(c2cncc(-c3cnc4[nH]cc(C5CC5)c4c3Cl)c2)C(=O)C1. The number of aromatic nitrogens is 3. The van der Waals surface area contributed by atoms with Crippen LogP contribution in [0.15, 0.2) is 30.9 Å². The Morgan fingerprint density at radius 1 is 1.21 bits per heavy atom. The van der Waals surface area contributed by atoms with E-state index in [0.717, 1.165) is 22.2 Å². The van der Waals surface area contributed by atoms with Gasteiger partial charge in [0.25, 0.3) is 0 Å². The zero-order valence-corrected chi connectivity index (χ0v) is 19.6. The summed E-state index contributed by atoms with van der Waals surface area (Å²) in [5.41, 5.74) is 3.61. The molecule has 0 radical (unpaired) electrons. The number of aromatic amines is 1. The molecule has 5 rings (SSSR count). The van der Waals surface area contributed by atoms with Crippen molar-refractivity contribution in [1.29, 1.82) is 0 Å². The van der Waals surface area contributed by atoms with Crippen molar-refractivity contribution in [2.24, 2.45) is 0 Å². The molecule has 1 saturated heterocycles. The summed E-state index contributed by atoms with van der Waals surface area (Å²) in [6.45, 7) is 6.11. The first kappa shape index (κ1) is 21.7. The monoisotopic (exact) mass is 467 g/mol. The number of piperazine rings is 1. The largest absolute Gasteiger partial charge is 0.444 e. The van der Waals surface area contributed by atoms with E-state index in [1.807, 2.05) is 12.3 Å². The lowest BCUT2D eigenvalue weighted by Crippen LogP contribution is -2.53. The van der Waals surface area contributed by atoms with Gasteiger partial charge < -0.3 is 14.6 Å². The number of nitrogens with zero attached hydrogens (tertiary/aromatic N) is 4. The van der Waals surface area contributed by atoms with Crippen molar-refractivity contribution >= 4 is 40.3 Å². The maximum absolute atomic E-state index is 12.9. The standard InChI is InChI=1S/C24H26ClN5O3/c1-24(2,3)33-23(32)29-6-7-30(19(31)13-29)16-8-15(9-26-10-16)18-12-28-22-20(21(18)25)17(11-27-22)14-4-5-14/h8-12,14H,4-7,13H2,1-3H3,(H,27,28). The minimum atomic E-state index is -0.608. The Balaban J connectivity index is 1.39. The smallest absolute Gasteiger partial charge is 0.410 e. The number of anilines is 1. The van der Waals surface area contributed by atoms with Crippen molar-refractivity contribution < 1.29 is 14.3 Å². The quantitative estimate of drug-likeness (QED) is 0.600. The summed E-state index contributed by atoms with van der Waals surface area (Å²) in [4.78, 5) is 40.4. The molecule has 2 fully saturated rings. The summed E-state index contributed by atoms with van der Waals surface area (Å²) < 4.78 is 5.40. The van der Waals surface area contributed by atoms with Crippen LogP contribution >= 0.6 is 11.6 Å². The van der Waals surface area contributed by atoms with Gasteiger partial charge in [-0.05, 0) is 51.2 Å².